The fraction of sp³-hybridized carbons (Fsp3) is 1.00. The number of rotatable bonds is 4. The number of hydrogen-bond acceptors (Lipinski definition) is 2. The van der Waals surface area contributed by atoms with Crippen molar-refractivity contribution in [2.45, 2.75) is 19.8 Å². The maximum atomic E-state index is 10.7. The standard InChI is InChI=1S/C4H9Br2O2P/c1-2-3-4-8-9(5,6)7/h2-4H2,1H3. The fourth-order valence-corrected chi connectivity index (χ4v) is 1.53. The maximum Gasteiger partial charge on any atom is 0.328 e. The van der Waals surface area contributed by atoms with Crippen LogP contribution in [0.15, 0.2) is 0 Å². The van der Waals surface area contributed by atoms with Crippen LogP contribution in [0.2, 0.25) is 0 Å². The van der Waals surface area contributed by atoms with E-state index < -0.39 is 4.77 Å². The molecule has 0 aromatic rings. The van der Waals surface area contributed by atoms with E-state index in [1.165, 1.54) is 0 Å². The van der Waals surface area contributed by atoms with E-state index >= 15 is 0 Å². The Bertz CT molecular complexity index is 111. The molecule has 0 fully saturated rings. The van der Waals surface area contributed by atoms with E-state index in [1.54, 1.807) is 0 Å². The van der Waals surface area contributed by atoms with E-state index in [2.05, 4.69) is 37.9 Å². The lowest BCUT2D eigenvalue weighted by Crippen LogP contribution is -1.83. The fourth-order valence-electron chi connectivity index (χ4n) is 0.315. The largest absolute Gasteiger partial charge is 0.328 e. The Labute approximate surface area is 71.3 Å². The summed E-state index contributed by atoms with van der Waals surface area (Å²) in [4.78, 5) is 0. The van der Waals surface area contributed by atoms with Gasteiger partial charge < -0.3 is 4.52 Å². The second-order valence-corrected chi connectivity index (χ2v) is 11.1. The minimum absolute atomic E-state index is 0.546. The summed E-state index contributed by atoms with van der Waals surface area (Å²) < 4.78 is 13.0. The lowest BCUT2D eigenvalue weighted by Gasteiger charge is -2.01. The Hall–Kier alpha value is 1.15. The molecule has 0 saturated heterocycles. The van der Waals surface area contributed by atoms with Crippen LogP contribution in [0, 0.1) is 0 Å². The van der Waals surface area contributed by atoms with E-state index in [0.717, 1.165) is 12.8 Å². The molecule has 0 N–H and O–H groups in total. The third-order valence-electron chi connectivity index (χ3n) is 0.739. The van der Waals surface area contributed by atoms with Gasteiger partial charge in [0, 0.05) is 31.0 Å². The number of hydrogen-bond donors (Lipinski definition) is 0. The first-order valence-corrected chi connectivity index (χ1v) is 8.36. The predicted molar refractivity (Wildman–Crippen MR) is 46.3 cm³/mol. The molecule has 0 radical (unpaired) electrons. The number of unbranched alkanes of at least 4 members (excludes halogenated alkanes) is 1. The minimum atomic E-state index is -2.57. The Morgan fingerprint density at radius 2 is 2.11 bits per heavy atom. The molecule has 0 aromatic heterocycles. The first kappa shape index (κ1) is 10.2. The van der Waals surface area contributed by atoms with Crippen molar-refractivity contribution in [3.63, 3.8) is 0 Å². The van der Waals surface area contributed by atoms with Gasteiger partial charge in [0.1, 0.15) is 0 Å². The van der Waals surface area contributed by atoms with Crippen molar-refractivity contribution in [1.82, 2.24) is 0 Å². The minimum Gasteiger partial charge on any atom is -0.313 e. The second kappa shape index (κ2) is 4.89. The maximum absolute atomic E-state index is 10.7. The van der Waals surface area contributed by atoms with E-state index in [1.807, 2.05) is 0 Å². The van der Waals surface area contributed by atoms with Gasteiger partial charge in [0.2, 0.25) is 0 Å². The summed E-state index contributed by atoms with van der Waals surface area (Å²) in [5.41, 5.74) is 0. The summed E-state index contributed by atoms with van der Waals surface area (Å²) in [5.74, 6) is 0. The Morgan fingerprint density at radius 3 is 2.44 bits per heavy atom. The van der Waals surface area contributed by atoms with Crippen LogP contribution in [0.5, 0.6) is 0 Å². The molecule has 56 valence electrons. The van der Waals surface area contributed by atoms with Crippen molar-refractivity contribution >= 4 is 35.8 Å². The van der Waals surface area contributed by atoms with Crippen LogP contribution in [-0.2, 0) is 9.09 Å². The first-order chi connectivity index (χ1) is 4.06. The smallest absolute Gasteiger partial charge is 0.313 e. The van der Waals surface area contributed by atoms with Crippen LogP contribution in [-0.4, -0.2) is 6.61 Å². The zero-order chi connectivity index (χ0) is 7.33. The van der Waals surface area contributed by atoms with Crippen molar-refractivity contribution in [2.24, 2.45) is 0 Å². The summed E-state index contributed by atoms with van der Waals surface area (Å²) >= 11 is 5.72. The van der Waals surface area contributed by atoms with Gasteiger partial charge in [-0.15, -0.1) is 0 Å². The molecule has 0 aliphatic carbocycles. The molecule has 2 nitrogen and oxygen atoms in total. The lowest BCUT2D eigenvalue weighted by molar-refractivity contribution is 0.328. The van der Waals surface area contributed by atoms with E-state index in [0.29, 0.717) is 6.61 Å². The zero-order valence-electron chi connectivity index (χ0n) is 5.14. The first-order valence-electron chi connectivity index (χ1n) is 2.70. The summed E-state index contributed by atoms with van der Waals surface area (Å²) in [5, 5.41) is 0. The summed E-state index contributed by atoms with van der Waals surface area (Å²) in [6.45, 7) is 2.60. The molecule has 0 atom stereocenters. The van der Waals surface area contributed by atoms with Crippen LogP contribution in [0.25, 0.3) is 0 Å². The van der Waals surface area contributed by atoms with Crippen LogP contribution in [0.4, 0.5) is 0 Å². The van der Waals surface area contributed by atoms with Gasteiger partial charge in [-0.1, -0.05) is 13.3 Å². The van der Waals surface area contributed by atoms with Gasteiger partial charge in [-0.3, -0.25) is 4.57 Å². The van der Waals surface area contributed by atoms with Gasteiger partial charge in [-0.2, -0.15) is 0 Å². The van der Waals surface area contributed by atoms with E-state index in [9.17, 15) is 4.57 Å². The Kier molecular flexibility index (Phi) is 5.51. The van der Waals surface area contributed by atoms with Gasteiger partial charge >= 0.3 is 4.77 Å². The van der Waals surface area contributed by atoms with Crippen LogP contribution in [0.3, 0.4) is 0 Å². The van der Waals surface area contributed by atoms with Crippen molar-refractivity contribution in [2.75, 3.05) is 6.61 Å². The third kappa shape index (κ3) is 9.15. The molecule has 0 heterocycles. The zero-order valence-corrected chi connectivity index (χ0v) is 9.21. The molecule has 0 aliphatic rings. The van der Waals surface area contributed by atoms with E-state index in [4.69, 9.17) is 4.52 Å². The van der Waals surface area contributed by atoms with Crippen LogP contribution in [0.1, 0.15) is 19.8 Å². The molecule has 0 aliphatic heterocycles. The van der Waals surface area contributed by atoms with Crippen molar-refractivity contribution in [3.05, 3.63) is 0 Å². The van der Waals surface area contributed by atoms with Crippen molar-refractivity contribution < 1.29 is 9.09 Å². The number of halogens is 2. The van der Waals surface area contributed by atoms with Gasteiger partial charge in [-0.05, 0) is 6.42 Å². The summed E-state index contributed by atoms with van der Waals surface area (Å²) in [6, 6.07) is 0. The average molecular weight is 280 g/mol. The molecular formula is C4H9Br2O2P. The van der Waals surface area contributed by atoms with E-state index in [-0.39, 0.29) is 0 Å². The normalized spacial score (nSPS) is 11.9. The molecule has 0 rings (SSSR count). The van der Waals surface area contributed by atoms with Gasteiger partial charge in [-0.25, -0.2) is 0 Å². The van der Waals surface area contributed by atoms with Gasteiger partial charge in [0.25, 0.3) is 0 Å². The SMILES string of the molecule is CCCCOP(=O)(Br)Br. The molecule has 5 heteroatoms. The topological polar surface area (TPSA) is 26.3 Å². The molecular weight excluding hydrogens is 271 g/mol. The van der Waals surface area contributed by atoms with Crippen molar-refractivity contribution in [1.29, 1.82) is 0 Å². The van der Waals surface area contributed by atoms with Gasteiger partial charge in [0.05, 0.1) is 6.61 Å². The molecule has 0 amide bonds. The highest BCUT2D eigenvalue weighted by Gasteiger charge is 2.10. The molecule has 0 spiro atoms. The Morgan fingerprint density at radius 1 is 1.56 bits per heavy atom. The summed E-state index contributed by atoms with van der Waals surface area (Å²) in [6.07, 6.45) is 2.00. The molecule has 0 aromatic carbocycles. The highest BCUT2D eigenvalue weighted by atomic mass is 79.9. The highest BCUT2D eigenvalue weighted by molar-refractivity contribution is 9.70. The highest BCUT2D eigenvalue weighted by Crippen LogP contribution is 2.62. The van der Waals surface area contributed by atoms with Crippen molar-refractivity contribution in [3.8, 4) is 0 Å². The monoisotopic (exact) mass is 278 g/mol. The quantitative estimate of drug-likeness (QED) is 0.579. The molecule has 0 saturated carbocycles. The second-order valence-electron chi connectivity index (χ2n) is 1.60. The molecule has 0 bridgehead atoms. The summed E-state index contributed by atoms with van der Waals surface area (Å²) in [7, 11) is 0. The third-order valence-corrected chi connectivity index (χ3v) is 2.45. The van der Waals surface area contributed by atoms with Crippen LogP contribution < -0.4 is 0 Å². The van der Waals surface area contributed by atoms with Gasteiger partial charge in [0.15, 0.2) is 0 Å². The lowest BCUT2D eigenvalue weighted by atomic mass is 10.4. The molecule has 0 unspecified atom stereocenters. The Balaban J connectivity index is 3.18. The molecule has 9 heavy (non-hydrogen) atoms. The predicted octanol–water partition coefficient (Wildman–Crippen LogP) is 3.70. The van der Waals surface area contributed by atoms with Crippen LogP contribution >= 0.6 is 35.8 Å². The average Bonchev–Trinajstić information content (AvgIpc) is 1.63.